The number of para-hydroxylation sites is 1. The summed E-state index contributed by atoms with van der Waals surface area (Å²) in [5, 5.41) is 24.8. The molecule has 0 aliphatic carbocycles. The van der Waals surface area contributed by atoms with Crippen LogP contribution in [0.25, 0.3) is 40.5 Å². The number of aromatic hydroxyl groups is 1. The van der Waals surface area contributed by atoms with Crippen molar-refractivity contribution in [1.82, 2.24) is 25.6 Å². The molecular weight excluding hydrogens is 426 g/mol. The first-order valence-corrected chi connectivity index (χ1v) is 10.6. The maximum absolute atomic E-state index is 12.7. The molecule has 0 atom stereocenters. The van der Waals surface area contributed by atoms with E-state index in [0.717, 1.165) is 27.7 Å². The Balaban J connectivity index is 1.33. The zero-order valence-electron chi connectivity index (χ0n) is 18.0. The first-order chi connectivity index (χ1) is 16.7. The van der Waals surface area contributed by atoms with Crippen molar-refractivity contribution in [3.63, 3.8) is 0 Å². The standard InChI is InChI=1S/C27H19N5O2/c33-25(23-17-21(11-15-26(23)34)27-29-31-32-30-27)14-9-19-5-3-4-18(16-19)8-12-22-13-10-20-6-1-2-7-24(20)28-22/h1-17,34H,(H,29,30,31,32). The van der Waals surface area contributed by atoms with Gasteiger partial charge in [0.25, 0.3) is 0 Å². The number of aromatic nitrogens is 5. The van der Waals surface area contributed by atoms with Gasteiger partial charge in [0.1, 0.15) is 5.75 Å². The molecule has 164 valence electrons. The van der Waals surface area contributed by atoms with E-state index >= 15 is 0 Å². The number of H-pyrrole nitrogens is 1. The molecule has 0 fully saturated rings. The summed E-state index contributed by atoms with van der Waals surface area (Å²) in [6.45, 7) is 0. The largest absolute Gasteiger partial charge is 0.507 e. The van der Waals surface area contributed by atoms with Crippen molar-refractivity contribution in [3.05, 3.63) is 107 Å². The van der Waals surface area contributed by atoms with Crippen molar-refractivity contribution >= 4 is 34.9 Å². The van der Waals surface area contributed by atoms with Crippen LogP contribution in [0.5, 0.6) is 5.75 Å². The van der Waals surface area contributed by atoms with E-state index in [2.05, 4.69) is 31.7 Å². The van der Waals surface area contributed by atoms with E-state index in [-0.39, 0.29) is 17.1 Å². The van der Waals surface area contributed by atoms with Crippen LogP contribution in [0.4, 0.5) is 0 Å². The number of fused-ring (bicyclic) bond motifs is 1. The zero-order chi connectivity index (χ0) is 23.3. The average molecular weight is 445 g/mol. The van der Waals surface area contributed by atoms with E-state index in [0.29, 0.717) is 11.4 Å². The quantitative estimate of drug-likeness (QED) is 0.275. The van der Waals surface area contributed by atoms with Gasteiger partial charge in [-0.3, -0.25) is 4.79 Å². The molecule has 34 heavy (non-hydrogen) atoms. The van der Waals surface area contributed by atoms with Crippen LogP contribution in [0.1, 0.15) is 27.2 Å². The fourth-order valence-electron chi connectivity index (χ4n) is 3.55. The lowest BCUT2D eigenvalue weighted by molar-refractivity contribution is 0.104. The summed E-state index contributed by atoms with van der Waals surface area (Å²) in [7, 11) is 0. The van der Waals surface area contributed by atoms with Gasteiger partial charge in [-0.2, -0.15) is 0 Å². The predicted molar refractivity (Wildman–Crippen MR) is 132 cm³/mol. The Morgan fingerprint density at radius 1 is 0.853 bits per heavy atom. The lowest BCUT2D eigenvalue weighted by Crippen LogP contribution is -1.96. The van der Waals surface area contributed by atoms with E-state index in [1.807, 2.05) is 66.7 Å². The summed E-state index contributed by atoms with van der Waals surface area (Å²) in [5.41, 5.74) is 4.43. The van der Waals surface area contributed by atoms with Crippen molar-refractivity contribution in [1.29, 1.82) is 0 Å². The minimum Gasteiger partial charge on any atom is -0.507 e. The number of nitrogens with one attached hydrogen (secondary N) is 1. The number of phenols is 1. The van der Waals surface area contributed by atoms with Crippen molar-refractivity contribution < 1.29 is 9.90 Å². The summed E-state index contributed by atoms with van der Waals surface area (Å²) in [6.07, 6.45) is 7.10. The maximum Gasteiger partial charge on any atom is 0.189 e. The van der Waals surface area contributed by atoms with Crippen LogP contribution < -0.4 is 0 Å². The van der Waals surface area contributed by atoms with Gasteiger partial charge in [0.05, 0.1) is 16.8 Å². The van der Waals surface area contributed by atoms with Gasteiger partial charge in [-0.1, -0.05) is 54.6 Å². The average Bonchev–Trinajstić information content (AvgIpc) is 3.41. The van der Waals surface area contributed by atoms with Crippen LogP contribution in [0.15, 0.2) is 84.9 Å². The zero-order valence-corrected chi connectivity index (χ0v) is 18.0. The number of aromatic amines is 1. The first kappa shape index (κ1) is 21.0. The topological polar surface area (TPSA) is 105 Å². The Labute approximate surface area is 195 Å². The van der Waals surface area contributed by atoms with E-state index in [1.165, 1.54) is 12.1 Å². The highest BCUT2D eigenvalue weighted by molar-refractivity contribution is 6.09. The fourth-order valence-corrected chi connectivity index (χ4v) is 3.55. The second-order valence-electron chi connectivity index (χ2n) is 7.61. The second-order valence-corrected chi connectivity index (χ2v) is 7.61. The van der Waals surface area contributed by atoms with Crippen LogP contribution in [-0.4, -0.2) is 36.5 Å². The molecule has 5 rings (SSSR count). The lowest BCUT2D eigenvalue weighted by atomic mass is 10.0. The first-order valence-electron chi connectivity index (χ1n) is 10.6. The van der Waals surface area contributed by atoms with Crippen LogP contribution >= 0.6 is 0 Å². The number of carbonyl (C=O) groups is 1. The molecule has 0 saturated heterocycles. The second kappa shape index (κ2) is 9.30. The molecule has 0 bridgehead atoms. The third-order valence-electron chi connectivity index (χ3n) is 5.29. The van der Waals surface area contributed by atoms with Crippen molar-refractivity contribution in [2.45, 2.75) is 0 Å². The normalized spacial score (nSPS) is 11.5. The smallest absolute Gasteiger partial charge is 0.189 e. The summed E-state index contributed by atoms with van der Waals surface area (Å²) >= 11 is 0. The van der Waals surface area contributed by atoms with Gasteiger partial charge < -0.3 is 5.11 Å². The van der Waals surface area contributed by atoms with Gasteiger partial charge in [0.2, 0.25) is 0 Å². The number of rotatable bonds is 6. The Morgan fingerprint density at radius 3 is 2.56 bits per heavy atom. The Kier molecular flexibility index (Phi) is 5.73. The number of ketones is 1. The molecule has 0 radical (unpaired) electrons. The van der Waals surface area contributed by atoms with Crippen LogP contribution in [-0.2, 0) is 0 Å². The van der Waals surface area contributed by atoms with Crippen LogP contribution in [0.2, 0.25) is 0 Å². The molecule has 7 heteroatoms. The summed E-state index contributed by atoms with van der Waals surface area (Å²) in [4.78, 5) is 17.4. The summed E-state index contributed by atoms with van der Waals surface area (Å²) < 4.78 is 0. The Hall–Kier alpha value is -4.91. The van der Waals surface area contributed by atoms with Crippen LogP contribution in [0.3, 0.4) is 0 Å². The predicted octanol–water partition coefficient (Wildman–Crippen LogP) is 5.19. The number of pyridine rings is 1. The third-order valence-corrected chi connectivity index (χ3v) is 5.29. The van der Waals surface area contributed by atoms with Gasteiger partial charge in [-0.25, -0.2) is 10.1 Å². The Morgan fingerprint density at radius 2 is 1.71 bits per heavy atom. The van der Waals surface area contributed by atoms with Gasteiger partial charge >= 0.3 is 0 Å². The Bertz CT molecular complexity index is 1540. The van der Waals surface area contributed by atoms with Gasteiger partial charge in [-0.15, -0.1) is 5.10 Å². The summed E-state index contributed by atoms with van der Waals surface area (Å²) in [5.74, 6) is -0.0167. The molecule has 0 saturated carbocycles. The van der Waals surface area contributed by atoms with Crippen molar-refractivity contribution in [2.75, 3.05) is 0 Å². The molecule has 0 spiro atoms. The highest BCUT2D eigenvalue weighted by Crippen LogP contribution is 2.24. The van der Waals surface area contributed by atoms with Crippen LogP contribution in [0, 0.1) is 0 Å². The lowest BCUT2D eigenvalue weighted by Gasteiger charge is -2.03. The number of hydrogen-bond donors (Lipinski definition) is 2. The minimum atomic E-state index is -0.326. The SMILES string of the molecule is O=C(C=Cc1cccc(C=Cc2ccc3ccccc3n2)c1)c1cc(-c2nnn[nH]2)ccc1O. The molecule has 0 aliphatic heterocycles. The summed E-state index contributed by atoms with van der Waals surface area (Å²) in [6, 6.07) is 24.5. The molecule has 2 N–H and O–H groups in total. The molecule has 0 amide bonds. The van der Waals surface area contributed by atoms with E-state index in [1.54, 1.807) is 18.2 Å². The van der Waals surface area contributed by atoms with Crippen molar-refractivity contribution in [2.24, 2.45) is 0 Å². The number of hydrogen-bond acceptors (Lipinski definition) is 6. The number of phenolic OH excluding ortho intramolecular Hbond substituents is 1. The molecule has 5 aromatic rings. The number of carbonyl (C=O) groups excluding carboxylic acids is 1. The van der Waals surface area contributed by atoms with Gasteiger partial charge in [-0.05, 0) is 70.1 Å². The molecule has 2 aromatic heterocycles. The van der Waals surface area contributed by atoms with Gasteiger partial charge in [0.15, 0.2) is 11.6 Å². The molecular formula is C27H19N5O2. The molecule has 3 aromatic carbocycles. The van der Waals surface area contributed by atoms with E-state index in [9.17, 15) is 9.90 Å². The number of benzene rings is 3. The number of allylic oxidation sites excluding steroid dienone is 1. The van der Waals surface area contributed by atoms with E-state index < -0.39 is 0 Å². The number of nitrogens with zero attached hydrogens (tertiary/aromatic N) is 4. The minimum absolute atomic E-state index is 0.106. The molecule has 0 unspecified atom stereocenters. The number of tetrazole rings is 1. The maximum atomic E-state index is 12.7. The monoisotopic (exact) mass is 445 g/mol. The fraction of sp³-hybridized carbons (Fsp3) is 0. The highest BCUT2D eigenvalue weighted by Gasteiger charge is 2.12. The molecule has 7 nitrogen and oxygen atoms in total. The van der Waals surface area contributed by atoms with E-state index in [4.69, 9.17) is 0 Å². The highest BCUT2D eigenvalue weighted by atomic mass is 16.3. The molecule has 2 heterocycles. The molecule has 0 aliphatic rings. The van der Waals surface area contributed by atoms with Gasteiger partial charge in [0, 0.05) is 10.9 Å². The third kappa shape index (κ3) is 4.63. The van der Waals surface area contributed by atoms with Crippen molar-refractivity contribution in [3.8, 4) is 17.1 Å².